The second kappa shape index (κ2) is 7.27. The Morgan fingerprint density at radius 2 is 1.78 bits per heavy atom. The summed E-state index contributed by atoms with van der Waals surface area (Å²) in [4.78, 5) is 29.7. The fourth-order valence-electron chi connectivity index (χ4n) is 1.49. The van der Waals surface area contributed by atoms with Crippen molar-refractivity contribution in [2.45, 2.75) is 65.1 Å². The summed E-state index contributed by atoms with van der Waals surface area (Å²) < 4.78 is 11.1. The summed E-state index contributed by atoms with van der Waals surface area (Å²) in [6.45, 7) is 7.00. The van der Waals surface area contributed by atoms with E-state index in [4.69, 9.17) is 9.79 Å². The molecule has 1 amide bonds. The summed E-state index contributed by atoms with van der Waals surface area (Å²) in [7, 11) is -4.31. The maximum atomic E-state index is 11.5. The minimum absolute atomic E-state index is 0.298. The topological polar surface area (TPSA) is 86.6 Å². The van der Waals surface area contributed by atoms with E-state index in [1.807, 2.05) is 0 Å². The normalized spacial score (nSPS) is 12.8. The highest BCUT2D eigenvalue weighted by Crippen LogP contribution is 2.48. The lowest BCUT2D eigenvalue weighted by atomic mass is 10.0. The second-order valence-corrected chi connectivity index (χ2v) is 7.85. The van der Waals surface area contributed by atoms with Gasteiger partial charge in [-0.05, 0) is 26.2 Å². The molecule has 0 atom stereocenters. The Bertz CT molecular complexity index is 309. The number of unbranched alkanes of at least 4 members (excludes halogenated alkanes) is 2. The van der Waals surface area contributed by atoms with Crippen molar-refractivity contribution in [2.75, 3.05) is 0 Å². The number of carbonyl (C=O) groups is 1. The van der Waals surface area contributed by atoms with Gasteiger partial charge >= 0.3 is 7.60 Å². The van der Waals surface area contributed by atoms with Gasteiger partial charge in [-0.2, -0.15) is 0 Å². The fourth-order valence-corrected chi connectivity index (χ4v) is 1.76. The van der Waals surface area contributed by atoms with Gasteiger partial charge in [0.1, 0.15) is 5.28 Å². The molecule has 0 aromatic carbocycles. The van der Waals surface area contributed by atoms with Gasteiger partial charge in [0.15, 0.2) is 0 Å². The molecule has 0 aliphatic carbocycles. The Morgan fingerprint density at radius 3 is 2.22 bits per heavy atom. The molecule has 18 heavy (non-hydrogen) atoms. The van der Waals surface area contributed by atoms with Gasteiger partial charge in [-0.1, -0.05) is 33.1 Å². The number of rotatable bonds is 8. The first kappa shape index (κ1) is 17.6. The highest BCUT2D eigenvalue weighted by Gasteiger charge is 2.38. The van der Waals surface area contributed by atoms with Crippen molar-refractivity contribution < 1.29 is 19.1 Å². The third kappa shape index (κ3) is 7.14. The SMILES string of the molecule is CC(C)CCCCCC(=O)NC(C)(C)P(=O)(O)O. The molecule has 0 aromatic rings. The summed E-state index contributed by atoms with van der Waals surface area (Å²) in [6, 6.07) is 0. The van der Waals surface area contributed by atoms with E-state index in [2.05, 4.69) is 19.2 Å². The molecule has 0 rings (SSSR count). The van der Waals surface area contributed by atoms with Crippen LogP contribution in [0.15, 0.2) is 0 Å². The zero-order chi connectivity index (χ0) is 14.4. The number of nitrogens with one attached hydrogen (secondary N) is 1. The molecule has 0 heterocycles. The predicted octanol–water partition coefficient (Wildman–Crippen LogP) is 2.62. The lowest BCUT2D eigenvalue weighted by molar-refractivity contribution is -0.122. The Labute approximate surface area is 110 Å². The van der Waals surface area contributed by atoms with Crippen LogP contribution in [0, 0.1) is 5.92 Å². The molecule has 3 N–H and O–H groups in total. The average Bonchev–Trinajstić information content (AvgIpc) is 2.13. The summed E-state index contributed by atoms with van der Waals surface area (Å²) in [5.74, 6) is 0.375. The van der Waals surface area contributed by atoms with Gasteiger partial charge in [-0.3, -0.25) is 9.36 Å². The molecule has 108 valence electrons. The molecule has 0 aliphatic rings. The summed E-state index contributed by atoms with van der Waals surface area (Å²) in [6.07, 6.45) is 4.29. The zero-order valence-electron chi connectivity index (χ0n) is 11.8. The number of carbonyl (C=O) groups excluding carboxylic acids is 1. The van der Waals surface area contributed by atoms with E-state index in [-0.39, 0.29) is 5.91 Å². The maximum Gasteiger partial charge on any atom is 0.350 e. The van der Waals surface area contributed by atoms with Crippen molar-refractivity contribution in [1.82, 2.24) is 5.32 Å². The highest BCUT2D eigenvalue weighted by molar-refractivity contribution is 7.53. The Morgan fingerprint density at radius 1 is 1.22 bits per heavy atom. The van der Waals surface area contributed by atoms with Gasteiger partial charge in [-0.25, -0.2) is 0 Å². The van der Waals surface area contributed by atoms with Gasteiger partial charge in [0.2, 0.25) is 5.91 Å². The lowest BCUT2D eigenvalue weighted by Crippen LogP contribution is -2.42. The van der Waals surface area contributed by atoms with E-state index in [1.54, 1.807) is 0 Å². The van der Waals surface area contributed by atoms with E-state index in [0.717, 1.165) is 25.7 Å². The Hall–Kier alpha value is -0.380. The van der Waals surface area contributed by atoms with Crippen molar-refractivity contribution in [3.8, 4) is 0 Å². The van der Waals surface area contributed by atoms with Gasteiger partial charge in [0, 0.05) is 6.42 Å². The van der Waals surface area contributed by atoms with Crippen molar-refractivity contribution in [1.29, 1.82) is 0 Å². The average molecular weight is 279 g/mol. The third-order valence-electron chi connectivity index (χ3n) is 2.86. The molecule has 0 saturated heterocycles. The van der Waals surface area contributed by atoms with Crippen LogP contribution in [-0.4, -0.2) is 21.0 Å². The quantitative estimate of drug-likeness (QED) is 0.471. The van der Waals surface area contributed by atoms with Gasteiger partial charge < -0.3 is 15.1 Å². The van der Waals surface area contributed by atoms with E-state index < -0.39 is 12.9 Å². The number of amides is 1. The number of hydrogen-bond donors (Lipinski definition) is 3. The summed E-state index contributed by atoms with van der Waals surface area (Å²) >= 11 is 0. The minimum atomic E-state index is -4.31. The van der Waals surface area contributed by atoms with Crippen LogP contribution in [0.2, 0.25) is 0 Å². The van der Waals surface area contributed by atoms with E-state index in [0.29, 0.717) is 12.3 Å². The smallest absolute Gasteiger partial charge is 0.340 e. The van der Waals surface area contributed by atoms with E-state index >= 15 is 0 Å². The first-order valence-electron chi connectivity index (χ1n) is 6.43. The van der Waals surface area contributed by atoms with Crippen LogP contribution in [0.1, 0.15) is 59.8 Å². The first-order chi connectivity index (χ1) is 8.06. The van der Waals surface area contributed by atoms with E-state index in [1.165, 1.54) is 13.8 Å². The van der Waals surface area contributed by atoms with Crippen molar-refractivity contribution >= 4 is 13.5 Å². The molecule has 0 unspecified atom stereocenters. The van der Waals surface area contributed by atoms with Crippen LogP contribution in [0.4, 0.5) is 0 Å². The van der Waals surface area contributed by atoms with Crippen molar-refractivity contribution in [3.05, 3.63) is 0 Å². The van der Waals surface area contributed by atoms with Crippen molar-refractivity contribution in [2.24, 2.45) is 5.92 Å². The molecule has 0 spiro atoms. The zero-order valence-corrected chi connectivity index (χ0v) is 12.7. The monoisotopic (exact) mass is 279 g/mol. The van der Waals surface area contributed by atoms with Gasteiger partial charge in [0.25, 0.3) is 0 Å². The van der Waals surface area contributed by atoms with Crippen LogP contribution < -0.4 is 5.32 Å². The Kier molecular flexibility index (Phi) is 7.11. The van der Waals surface area contributed by atoms with Crippen LogP contribution >= 0.6 is 7.60 Å². The predicted molar refractivity (Wildman–Crippen MR) is 72.2 cm³/mol. The van der Waals surface area contributed by atoms with Crippen LogP contribution in [0.25, 0.3) is 0 Å². The molecule has 0 fully saturated rings. The highest BCUT2D eigenvalue weighted by atomic mass is 31.2. The van der Waals surface area contributed by atoms with Gasteiger partial charge in [0.05, 0.1) is 0 Å². The molecule has 0 aliphatic heterocycles. The molecule has 0 bridgehead atoms. The molecular formula is C12H26NO4P. The summed E-state index contributed by atoms with van der Waals surface area (Å²) in [5, 5.41) is 0.910. The molecular weight excluding hydrogens is 253 g/mol. The number of hydrogen-bond acceptors (Lipinski definition) is 2. The Balaban J connectivity index is 3.89. The van der Waals surface area contributed by atoms with Crippen LogP contribution in [-0.2, 0) is 9.36 Å². The van der Waals surface area contributed by atoms with Gasteiger partial charge in [-0.15, -0.1) is 0 Å². The minimum Gasteiger partial charge on any atom is -0.340 e. The molecule has 6 heteroatoms. The molecule has 0 aromatic heterocycles. The second-order valence-electron chi connectivity index (χ2n) is 5.64. The van der Waals surface area contributed by atoms with E-state index in [9.17, 15) is 9.36 Å². The van der Waals surface area contributed by atoms with Crippen LogP contribution in [0.5, 0.6) is 0 Å². The standard InChI is InChI=1S/C12H26NO4P/c1-10(2)8-6-5-7-9-11(14)13-12(3,4)18(15,16)17/h10H,5-9H2,1-4H3,(H,13,14)(H2,15,16,17). The molecule has 5 nitrogen and oxygen atoms in total. The molecule has 0 saturated carbocycles. The molecule has 0 radical (unpaired) electrons. The largest absolute Gasteiger partial charge is 0.350 e. The summed E-state index contributed by atoms with van der Waals surface area (Å²) in [5.41, 5.74) is 0. The fraction of sp³-hybridized carbons (Fsp3) is 0.917. The van der Waals surface area contributed by atoms with Crippen molar-refractivity contribution in [3.63, 3.8) is 0 Å². The van der Waals surface area contributed by atoms with Crippen LogP contribution in [0.3, 0.4) is 0 Å². The maximum absolute atomic E-state index is 11.5. The lowest BCUT2D eigenvalue weighted by Gasteiger charge is -2.27. The first-order valence-corrected chi connectivity index (χ1v) is 8.04. The third-order valence-corrected chi connectivity index (χ3v) is 4.43.